The molecule has 0 radical (unpaired) electrons. The molecular formula is C18H28N4O3. The Morgan fingerprint density at radius 1 is 1.44 bits per heavy atom. The van der Waals surface area contributed by atoms with Crippen molar-refractivity contribution in [3.05, 3.63) is 23.7 Å². The van der Waals surface area contributed by atoms with Gasteiger partial charge in [-0.25, -0.2) is 0 Å². The van der Waals surface area contributed by atoms with Crippen LogP contribution in [0.5, 0.6) is 0 Å². The van der Waals surface area contributed by atoms with Crippen molar-refractivity contribution in [2.45, 2.75) is 57.7 Å². The molecule has 7 heteroatoms. The summed E-state index contributed by atoms with van der Waals surface area (Å²) in [5, 5.41) is 6.79. The Labute approximate surface area is 148 Å². The van der Waals surface area contributed by atoms with Gasteiger partial charge in [0, 0.05) is 25.1 Å². The van der Waals surface area contributed by atoms with Crippen LogP contribution in [0.15, 0.2) is 21.5 Å². The minimum Gasteiger partial charge on any atom is -0.454 e. The second-order valence-electron chi connectivity index (χ2n) is 6.87. The predicted octanol–water partition coefficient (Wildman–Crippen LogP) is 1.78. The van der Waals surface area contributed by atoms with E-state index < -0.39 is 5.91 Å². The van der Waals surface area contributed by atoms with Gasteiger partial charge in [-0.2, -0.15) is 0 Å². The number of nitrogens with two attached hydrogens (primary N) is 1. The third-order valence-corrected chi connectivity index (χ3v) is 5.56. The van der Waals surface area contributed by atoms with Gasteiger partial charge < -0.3 is 25.5 Å². The number of aliphatic imine (C=N–C) groups is 1. The van der Waals surface area contributed by atoms with Gasteiger partial charge in [-0.1, -0.05) is 12.8 Å². The minimum atomic E-state index is -0.562. The molecule has 1 spiro atoms. The van der Waals surface area contributed by atoms with Crippen LogP contribution in [-0.4, -0.2) is 37.7 Å². The van der Waals surface area contributed by atoms with E-state index in [1.807, 2.05) is 0 Å². The smallest absolute Gasteiger partial charge is 0.284 e. The molecule has 0 bridgehead atoms. The number of carbonyl (C=O) groups is 1. The first-order valence-electron chi connectivity index (χ1n) is 9.06. The summed E-state index contributed by atoms with van der Waals surface area (Å²) in [6, 6.07) is 3.71. The van der Waals surface area contributed by atoms with Crippen LogP contribution < -0.4 is 16.4 Å². The van der Waals surface area contributed by atoms with Gasteiger partial charge in [0.2, 0.25) is 0 Å². The van der Waals surface area contributed by atoms with E-state index in [-0.39, 0.29) is 11.2 Å². The van der Waals surface area contributed by atoms with Crippen LogP contribution in [0.25, 0.3) is 0 Å². The third-order valence-electron chi connectivity index (χ3n) is 5.56. The lowest BCUT2D eigenvalue weighted by molar-refractivity contribution is -0.125. The number of hydrogen-bond acceptors (Lipinski definition) is 4. The topological polar surface area (TPSA) is 102 Å². The third kappa shape index (κ3) is 3.51. The zero-order valence-corrected chi connectivity index (χ0v) is 15.0. The molecule has 0 aromatic carbocycles. The second-order valence-corrected chi connectivity index (χ2v) is 6.87. The number of rotatable bonds is 6. The van der Waals surface area contributed by atoms with Crippen molar-refractivity contribution in [3.8, 4) is 0 Å². The number of furan rings is 1. The van der Waals surface area contributed by atoms with Crippen molar-refractivity contribution in [2.24, 2.45) is 16.1 Å². The fourth-order valence-electron chi connectivity index (χ4n) is 4.22. The molecule has 1 heterocycles. The van der Waals surface area contributed by atoms with Gasteiger partial charge in [-0.05, 0) is 38.3 Å². The standard InChI is InChI=1S/C18H28N4O3/c1-3-24-15-10-14(18(15)8-4-5-9-18)22-17(20-2)21-11-12-6-7-13(25-12)16(19)23/h6-7,14-15H,3-5,8-11H2,1-2H3,(H2,19,23)(H2,20,21,22). The number of carbonyl (C=O) groups excluding carboxylic acids is 1. The highest BCUT2D eigenvalue weighted by atomic mass is 16.5. The average Bonchev–Trinajstić information content (AvgIpc) is 3.27. The van der Waals surface area contributed by atoms with E-state index in [0.717, 1.165) is 19.0 Å². The summed E-state index contributed by atoms with van der Waals surface area (Å²) in [7, 11) is 1.76. The molecule has 2 aliphatic rings. The lowest BCUT2D eigenvalue weighted by Crippen LogP contribution is -2.65. The first kappa shape index (κ1) is 17.8. The molecule has 4 N–H and O–H groups in total. The quantitative estimate of drug-likeness (QED) is 0.537. The van der Waals surface area contributed by atoms with Gasteiger partial charge in [-0.3, -0.25) is 9.79 Å². The second kappa shape index (κ2) is 7.47. The van der Waals surface area contributed by atoms with Gasteiger partial charge in [0.05, 0.1) is 12.6 Å². The molecule has 1 amide bonds. The first-order chi connectivity index (χ1) is 12.1. The molecule has 7 nitrogen and oxygen atoms in total. The molecule has 25 heavy (non-hydrogen) atoms. The Morgan fingerprint density at radius 2 is 2.20 bits per heavy atom. The highest BCUT2D eigenvalue weighted by Gasteiger charge is 2.56. The van der Waals surface area contributed by atoms with E-state index in [9.17, 15) is 4.79 Å². The largest absolute Gasteiger partial charge is 0.454 e. The lowest BCUT2D eigenvalue weighted by Gasteiger charge is -2.54. The number of amides is 1. The molecule has 2 saturated carbocycles. The zero-order chi connectivity index (χ0) is 17.9. The minimum absolute atomic E-state index is 0.170. The Balaban J connectivity index is 1.56. The number of nitrogens with zero attached hydrogens (tertiary/aromatic N) is 1. The molecule has 3 rings (SSSR count). The van der Waals surface area contributed by atoms with Crippen LogP contribution in [0.3, 0.4) is 0 Å². The summed E-state index contributed by atoms with van der Waals surface area (Å²) in [6.45, 7) is 3.28. The van der Waals surface area contributed by atoms with Crippen LogP contribution in [-0.2, 0) is 11.3 Å². The predicted molar refractivity (Wildman–Crippen MR) is 95.3 cm³/mol. The summed E-state index contributed by atoms with van der Waals surface area (Å²) in [4.78, 5) is 15.4. The number of nitrogens with one attached hydrogen (secondary N) is 2. The maximum atomic E-state index is 11.1. The van der Waals surface area contributed by atoms with E-state index in [2.05, 4.69) is 22.5 Å². The Kier molecular flexibility index (Phi) is 5.32. The fourth-order valence-corrected chi connectivity index (χ4v) is 4.22. The van der Waals surface area contributed by atoms with Crippen molar-refractivity contribution in [1.82, 2.24) is 10.6 Å². The van der Waals surface area contributed by atoms with Gasteiger partial charge in [0.15, 0.2) is 11.7 Å². The van der Waals surface area contributed by atoms with Crippen molar-refractivity contribution < 1.29 is 13.9 Å². The van der Waals surface area contributed by atoms with Crippen molar-refractivity contribution in [1.29, 1.82) is 0 Å². The number of guanidine groups is 1. The Hall–Kier alpha value is -2.02. The van der Waals surface area contributed by atoms with Crippen molar-refractivity contribution in [2.75, 3.05) is 13.7 Å². The molecule has 138 valence electrons. The molecule has 0 saturated heterocycles. The molecule has 0 aliphatic heterocycles. The van der Waals surface area contributed by atoms with E-state index in [0.29, 0.717) is 24.5 Å². The van der Waals surface area contributed by atoms with Crippen LogP contribution in [0, 0.1) is 5.41 Å². The van der Waals surface area contributed by atoms with E-state index in [4.69, 9.17) is 14.9 Å². The van der Waals surface area contributed by atoms with Gasteiger partial charge in [-0.15, -0.1) is 0 Å². The summed E-state index contributed by atoms with van der Waals surface area (Å²) in [6.07, 6.45) is 6.35. The molecule has 1 aromatic heterocycles. The van der Waals surface area contributed by atoms with Crippen LogP contribution in [0.4, 0.5) is 0 Å². The van der Waals surface area contributed by atoms with E-state index >= 15 is 0 Å². The maximum absolute atomic E-state index is 11.1. The monoisotopic (exact) mass is 348 g/mol. The fraction of sp³-hybridized carbons (Fsp3) is 0.667. The van der Waals surface area contributed by atoms with Crippen LogP contribution in [0.2, 0.25) is 0 Å². The summed E-state index contributed by atoms with van der Waals surface area (Å²) >= 11 is 0. The first-order valence-corrected chi connectivity index (χ1v) is 9.06. The van der Waals surface area contributed by atoms with E-state index in [1.54, 1.807) is 19.2 Å². The highest BCUT2D eigenvalue weighted by molar-refractivity contribution is 5.89. The summed E-state index contributed by atoms with van der Waals surface area (Å²) < 4.78 is 11.3. The summed E-state index contributed by atoms with van der Waals surface area (Å²) in [5.41, 5.74) is 5.45. The molecule has 2 unspecified atom stereocenters. The van der Waals surface area contributed by atoms with Crippen LogP contribution in [0.1, 0.15) is 55.3 Å². The van der Waals surface area contributed by atoms with Crippen LogP contribution >= 0.6 is 0 Å². The van der Waals surface area contributed by atoms with Gasteiger partial charge >= 0.3 is 0 Å². The summed E-state index contributed by atoms with van der Waals surface area (Å²) in [5.74, 6) is 0.993. The molecular weight excluding hydrogens is 320 g/mol. The zero-order valence-electron chi connectivity index (χ0n) is 15.0. The van der Waals surface area contributed by atoms with Gasteiger partial charge in [0.1, 0.15) is 5.76 Å². The van der Waals surface area contributed by atoms with Gasteiger partial charge in [0.25, 0.3) is 5.91 Å². The Bertz CT molecular complexity index is 634. The lowest BCUT2D eigenvalue weighted by atomic mass is 9.60. The maximum Gasteiger partial charge on any atom is 0.284 e. The average molecular weight is 348 g/mol. The van der Waals surface area contributed by atoms with Crippen molar-refractivity contribution in [3.63, 3.8) is 0 Å². The molecule has 2 aliphatic carbocycles. The number of primary amides is 1. The molecule has 2 fully saturated rings. The molecule has 2 atom stereocenters. The normalized spacial score (nSPS) is 25.0. The van der Waals surface area contributed by atoms with Crippen molar-refractivity contribution >= 4 is 11.9 Å². The molecule has 1 aromatic rings. The van der Waals surface area contributed by atoms with E-state index in [1.165, 1.54) is 25.7 Å². The number of ether oxygens (including phenoxy) is 1. The number of hydrogen-bond donors (Lipinski definition) is 3. The Morgan fingerprint density at radius 3 is 2.80 bits per heavy atom. The SMILES string of the molecule is CCOC1CC(NC(=NC)NCc2ccc(C(N)=O)o2)C12CCCC2. The highest BCUT2D eigenvalue weighted by Crippen LogP contribution is 2.54.